The fourth-order valence-electron chi connectivity index (χ4n) is 2.46. The number of ether oxygens (including phenoxy) is 2. The van der Waals surface area contributed by atoms with Crippen molar-refractivity contribution in [3.63, 3.8) is 0 Å². The second-order valence-electron chi connectivity index (χ2n) is 5.07. The van der Waals surface area contributed by atoms with Gasteiger partial charge in [0.25, 0.3) is 0 Å². The van der Waals surface area contributed by atoms with E-state index in [1.807, 2.05) is 35.7 Å². The van der Waals surface area contributed by atoms with Crippen LogP contribution >= 0.6 is 11.3 Å². The van der Waals surface area contributed by atoms with Gasteiger partial charge in [-0.15, -0.1) is 11.3 Å². The highest BCUT2D eigenvalue weighted by Gasteiger charge is 2.23. The molecule has 2 heterocycles. The Labute approximate surface area is 133 Å². The van der Waals surface area contributed by atoms with Crippen LogP contribution in [-0.4, -0.2) is 25.8 Å². The van der Waals surface area contributed by atoms with Gasteiger partial charge in [0, 0.05) is 10.4 Å². The van der Waals surface area contributed by atoms with Gasteiger partial charge in [-0.05, 0) is 23.9 Å². The first-order chi connectivity index (χ1) is 10.8. The molecule has 0 spiro atoms. The largest absolute Gasteiger partial charge is 0.493 e. The third-order valence-electron chi connectivity index (χ3n) is 3.51. The van der Waals surface area contributed by atoms with Gasteiger partial charge in [0.1, 0.15) is 6.61 Å². The van der Waals surface area contributed by atoms with E-state index in [4.69, 9.17) is 9.47 Å². The van der Waals surface area contributed by atoms with E-state index in [0.29, 0.717) is 13.2 Å². The van der Waals surface area contributed by atoms with Crippen LogP contribution in [0.2, 0.25) is 0 Å². The molecule has 6 heteroatoms. The number of carbonyl (C=O) groups excluding carboxylic acids is 1. The highest BCUT2D eigenvalue weighted by molar-refractivity contribution is 7.09. The van der Waals surface area contributed by atoms with Crippen molar-refractivity contribution in [3.8, 4) is 11.5 Å². The van der Waals surface area contributed by atoms with Gasteiger partial charge in [-0.25, -0.2) is 4.79 Å². The highest BCUT2D eigenvalue weighted by Crippen LogP contribution is 2.34. The molecule has 0 radical (unpaired) electrons. The van der Waals surface area contributed by atoms with Gasteiger partial charge in [-0.2, -0.15) is 0 Å². The van der Waals surface area contributed by atoms with Crippen molar-refractivity contribution in [3.05, 3.63) is 46.2 Å². The molecule has 1 unspecified atom stereocenters. The minimum Gasteiger partial charge on any atom is -0.493 e. The topological polar surface area (TPSA) is 59.6 Å². The van der Waals surface area contributed by atoms with E-state index in [-0.39, 0.29) is 12.1 Å². The summed E-state index contributed by atoms with van der Waals surface area (Å²) in [6.07, 6.45) is 0.735. The molecule has 1 aromatic heterocycles. The molecule has 2 amide bonds. The number of rotatable bonds is 4. The number of fused-ring (bicyclic) bond motifs is 1. The maximum Gasteiger partial charge on any atom is 0.315 e. The van der Waals surface area contributed by atoms with Gasteiger partial charge in [0.15, 0.2) is 11.5 Å². The molecule has 0 fully saturated rings. The maximum atomic E-state index is 11.9. The molecule has 22 heavy (non-hydrogen) atoms. The highest BCUT2D eigenvalue weighted by atomic mass is 32.1. The van der Waals surface area contributed by atoms with Crippen molar-refractivity contribution in [2.45, 2.75) is 19.0 Å². The third kappa shape index (κ3) is 3.33. The van der Waals surface area contributed by atoms with Crippen LogP contribution in [0, 0.1) is 0 Å². The lowest BCUT2D eigenvalue weighted by atomic mass is 10.0. The summed E-state index contributed by atoms with van der Waals surface area (Å²) in [6, 6.07) is 9.56. The second-order valence-corrected chi connectivity index (χ2v) is 6.10. The van der Waals surface area contributed by atoms with E-state index in [9.17, 15) is 4.79 Å². The van der Waals surface area contributed by atoms with Gasteiger partial charge in [-0.1, -0.05) is 18.2 Å². The molecule has 1 aliphatic rings. The molecule has 2 N–H and O–H groups in total. The molecule has 0 aliphatic carbocycles. The van der Waals surface area contributed by atoms with Crippen LogP contribution in [0.3, 0.4) is 0 Å². The molecule has 2 aromatic rings. The van der Waals surface area contributed by atoms with Crippen molar-refractivity contribution in [2.75, 3.05) is 13.7 Å². The molecule has 1 aliphatic heterocycles. The van der Waals surface area contributed by atoms with Gasteiger partial charge in [0.05, 0.1) is 19.7 Å². The van der Waals surface area contributed by atoms with E-state index >= 15 is 0 Å². The number of carbonyl (C=O) groups is 1. The Hall–Kier alpha value is -2.21. The summed E-state index contributed by atoms with van der Waals surface area (Å²) in [7, 11) is 1.63. The number of hydrogen-bond donors (Lipinski definition) is 2. The van der Waals surface area contributed by atoms with Crippen LogP contribution in [0.5, 0.6) is 11.5 Å². The predicted molar refractivity (Wildman–Crippen MR) is 85.7 cm³/mol. The van der Waals surface area contributed by atoms with Crippen LogP contribution in [0.4, 0.5) is 4.79 Å². The Balaban J connectivity index is 1.55. The average Bonchev–Trinajstić information content (AvgIpc) is 3.05. The number of methoxy groups -OCH3 is 1. The lowest BCUT2D eigenvalue weighted by molar-refractivity contribution is 0.210. The van der Waals surface area contributed by atoms with E-state index in [1.165, 1.54) is 0 Å². The SMILES string of the molecule is COc1cccc2c1OCC(NC(=O)NCc1cccs1)C2. The Morgan fingerprint density at radius 1 is 1.41 bits per heavy atom. The van der Waals surface area contributed by atoms with Crippen LogP contribution in [0.25, 0.3) is 0 Å². The van der Waals surface area contributed by atoms with E-state index in [1.54, 1.807) is 18.4 Å². The number of thiophene rings is 1. The van der Waals surface area contributed by atoms with Gasteiger partial charge in [0.2, 0.25) is 0 Å². The zero-order chi connectivity index (χ0) is 15.4. The predicted octanol–water partition coefficient (Wildman–Crippen LogP) is 2.56. The first-order valence-electron chi connectivity index (χ1n) is 7.11. The monoisotopic (exact) mass is 318 g/mol. The number of amides is 2. The Morgan fingerprint density at radius 3 is 3.09 bits per heavy atom. The zero-order valence-electron chi connectivity index (χ0n) is 12.3. The maximum absolute atomic E-state index is 11.9. The first-order valence-corrected chi connectivity index (χ1v) is 7.99. The Bertz CT molecular complexity index is 643. The minimum atomic E-state index is -0.173. The van der Waals surface area contributed by atoms with Crippen LogP contribution in [0.15, 0.2) is 35.7 Å². The lowest BCUT2D eigenvalue weighted by Gasteiger charge is -2.27. The van der Waals surface area contributed by atoms with Crippen molar-refractivity contribution in [1.82, 2.24) is 10.6 Å². The summed E-state index contributed by atoms with van der Waals surface area (Å²) < 4.78 is 11.0. The minimum absolute atomic E-state index is 0.0389. The van der Waals surface area contributed by atoms with Gasteiger partial charge in [-0.3, -0.25) is 0 Å². The van der Waals surface area contributed by atoms with Crippen LogP contribution < -0.4 is 20.1 Å². The molecule has 0 bridgehead atoms. The van der Waals surface area contributed by atoms with Crippen molar-refractivity contribution < 1.29 is 14.3 Å². The molecule has 1 aromatic carbocycles. The lowest BCUT2D eigenvalue weighted by Crippen LogP contribution is -2.47. The molecule has 0 saturated carbocycles. The smallest absolute Gasteiger partial charge is 0.315 e. The molecule has 3 rings (SSSR count). The number of hydrogen-bond acceptors (Lipinski definition) is 4. The van der Waals surface area contributed by atoms with Crippen molar-refractivity contribution >= 4 is 17.4 Å². The van der Waals surface area contributed by atoms with Crippen LogP contribution in [-0.2, 0) is 13.0 Å². The average molecular weight is 318 g/mol. The van der Waals surface area contributed by atoms with Crippen molar-refractivity contribution in [2.24, 2.45) is 0 Å². The van der Waals surface area contributed by atoms with E-state index in [2.05, 4.69) is 10.6 Å². The fourth-order valence-corrected chi connectivity index (χ4v) is 3.11. The summed E-state index contributed by atoms with van der Waals surface area (Å²) in [6.45, 7) is 0.987. The third-order valence-corrected chi connectivity index (χ3v) is 4.39. The number of para-hydroxylation sites is 1. The van der Waals surface area contributed by atoms with Crippen molar-refractivity contribution in [1.29, 1.82) is 0 Å². The second kappa shape index (κ2) is 6.70. The Morgan fingerprint density at radius 2 is 2.32 bits per heavy atom. The number of benzene rings is 1. The summed E-state index contributed by atoms with van der Waals surface area (Å²) in [5.74, 6) is 1.51. The van der Waals surface area contributed by atoms with Crippen LogP contribution in [0.1, 0.15) is 10.4 Å². The molecular formula is C16H18N2O3S. The van der Waals surface area contributed by atoms with E-state index < -0.39 is 0 Å². The number of nitrogens with one attached hydrogen (secondary N) is 2. The summed E-state index contributed by atoms with van der Waals surface area (Å²) in [5.41, 5.74) is 1.05. The zero-order valence-corrected chi connectivity index (χ0v) is 13.1. The molecule has 0 saturated heterocycles. The molecular weight excluding hydrogens is 300 g/mol. The molecule has 116 valence electrons. The standard InChI is InChI=1S/C16H18N2O3S/c1-20-14-6-2-4-11-8-12(10-21-15(11)14)18-16(19)17-9-13-5-3-7-22-13/h2-7,12H,8-10H2,1H3,(H2,17,18,19). The van der Waals surface area contributed by atoms with Gasteiger partial charge >= 0.3 is 6.03 Å². The Kier molecular flexibility index (Phi) is 4.48. The fraction of sp³-hybridized carbons (Fsp3) is 0.312. The summed E-state index contributed by atoms with van der Waals surface area (Å²) in [5, 5.41) is 7.80. The number of urea groups is 1. The van der Waals surface area contributed by atoms with Gasteiger partial charge < -0.3 is 20.1 Å². The molecule has 5 nitrogen and oxygen atoms in total. The normalized spacial score (nSPS) is 16.3. The molecule has 1 atom stereocenters. The quantitative estimate of drug-likeness (QED) is 0.911. The summed E-state index contributed by atoms with van der Waals surface area (Å²) in [4.78, 5) is 13.1. The van der Waals surface area contributed by atoms with E-state index in [0.717, 1.165) is 28.4 Å². The first kappa shape index (κ1) is 14.7. The summed E-state index contributed by atoms with van der Waals surface area (Å²) >= 11 is 1.62.